The van der Waals surface area contributed by atoms with Crippen LogP contribution in [0.3, 0.4) is 0 Å². The van der Waals surface area contributed by atoms with E-state index in [1.54, 1.807) is 24.3 Å². The molecule has 6 heteroatoms. The molecule has 117 valence electrons. The standard InChI is InChI=1S/C17H13F3N3/c1-2-12-3-5-14(6-4-12)23-15(13-7-9-21-10-8-13)11-16(22-23)17(18,19)20/h3-11H,1-2H2. The Bertz CT molecular complexity index is 790. The first-order valence-electron chi connectivity index (χ1n) is 6.95. The molecule has 0 aliphatic heterocycles. The van der Waals surface area contributed by atoms with Crippen molar-refractivity contribution < 1.29 is 13.2 Å². The number of halogens is 3. The molecule has 0 bridgehead atoms. The molecule has 3 aromatic rings. The number of hydrogen-bond donors (Lipinski definition) is 0. The van der Waals surface area contributed by atoms with Crippen molar-refractivity contribution in [3.05, 3.63) is 73.0 Å². The van der Waals surface area contributed by atoms with Crippen LogP contribution < -0.4 is 0 Å². The van der Waals surface area contributed by atoms with Crippen molar-refractivity contribution in [1.82, 2.24) is 14.8 Å². The average Bonchev–Trinajstić information content (AvgIpc) is 3.01. The quantitative estimate of drug-likeness (QED) is 0.720. The molecule has 23 heavy (non-hydrogen) atoms. The summed E-state index contributed by atoms with van der Waals surface area (Å²) in [7, 11) is 0. The van der Waals surface area contributed by atoms with Crippen molar-refractivity contribution in [3.8, 4) is 16.9 Å². The number of nitrogens with zero attached hydrogens (tertiary/aromatic N) is 3. The van der Waals surface area contributed by atoms with Gasteiger partial charge < -0.3 is 0 Å². The zero-order valence-corrected chi connectivity index (χ0v) is 12.1. The van der Waals surface area contributed by atoms with E-state index >= 15 is 0 Å². The maximum absolute atomic E-state index is 13.0. The van der Waals surface area contributed by atoms with E-state index in [1.165, 1.54) is 17.1 Å². The molecule has 3 nitrogen and oxygen atoms in total. The Hall–Kier alpha value is -2.63. The summed E-state index contributed by atoms with van der Waals surface area (Å²) in [6.45, 7) is 3.78. The summed E-state index contributed by atoms with van der Waals surface area (Å²) in [5.41, 5.74) is 1.61. The fraction of sp³-hybridized carbons (Fsp3) is 0.118. The lowest BCUT2D eigenvalue weighted by Gasteiger charge is -2.08. The summed E-state index contributed by atoms with van der Waals surface area (Å²) in [5.74, 6) is 0. The molecule has 0 N–H and O–H groups in total. The lowest BCUT2D eigenvalue weighted by Crippen LogP contribution is -2.07. The van der Waals surface area contributed by atoms with Crippen LogP contribution in [-0.4, -0.2) is 14.8 Å². The Morgan fingerprint density at radius 2 is 1.65 bits per heavy atom. The molecule has 0 unspecified atom stereocenters. The van der Waals surface area contributed by atoms with E-state index in [-0.39, 0.29) is 0 Å². The molecule has 2 heterocycles. The van der Waals surface area contributed by atoms with Gasteiger partial charge in [-0.05, 0) is 49.2 Å². The first-order valence-corrected chi connectivity index (χ1v) is 6.95. The van der Waals surface area contributed by atoms with E-state index in [1.807, 2.05) is 12.1 Å². The summed E-state index contributed by atoms with van der Waals surface area (Å²) < 4.78 is 40.4. The minimum atomic E-state index is -4.50. The third-order valence-corrected chi connectivity index (χ3v) is 3.45. The average molecular weight is 316 g/mol. The van der Waals surface area contributed by atoms with Gasteiger partial charge in [-0.3, -0.25) is 4.98 Å². The van der Waals surface area contributed by atoms with Crippen LogP contribution in [0.2, 0.25) is 0 Å². The highest BCUT2D eigenvalue weighted by atomic mass is 19.4. The van der Waals surface area contributed by atoms with Gasteiger partial charge in [0.25, 0.3) is 0 Å². The van der Waals surface area contributed by atoms with Crippen LogP contribution in [0.5, 0.6) is 0 Å². The predicted molar refractivity (Wildman–Crippen MR) is 80.9 cm³/mol. The molecule has 3 rings (SSSR count). The Morgan fingerprint density at radius 3 is 2.22 bits per heavy atom. The molecule has 1 radical (unpaired) electrons. The van der Waals surface area contributed by atoms with Crippen molar-refractivity contribution in [1.29, 1.82) is 0 Å². The maximum atomic E-state index is 13.0. The molecule has 0 atom stereocenters. The second kappa shape index (κ2) is 5.87. The second-order valence-electron chi connectivity index (χ2n) is 4.98. The predicted octanol–water partition coefficient (Wildman–Crippen LogP) is 4.33. The van der Waals surface area contributed by atoms with Crippen molar-refractivity contribution in [2.45, 2.75) is 12.6 Å². The zero-order valence-electron chi connectivity index (χ0n) is 12.1. The van der Waals surface area contributed by atoms with E-state index < -0.39 is 11.9 Å². The minimum absolute atomic E-state index is 0.363. The van der Waals surface area contributed by atoms with Crippen molar-refractivity contribution in [2.75, 3.05) is 0 Å². The Morgan fingerprint density at radius 1 is 1.00 bits per heavy atom. The second-order valence-corrected chi connectivity index (χ2v) is 4.98. The van der Waals surface area contributed by atoms with Crippen LogP contribution in [0.4, 0.5) is 13.2 Å². The Labute approximate surface area is 131 Å². The van der Waals surface area contributed by atoms with E-state index in [2.05, 4.69) is 17.0 Å². The normalized spacial score (nSPS) is 11.7. The van der Waals surface area contributed by atoms with Gasteiger partial charge in [0, 0.05) is 18.0 Å². The SMILES string of the molecule is [CH2]Cc1ccc(-n2nc(C(F)(F)F)cc2-c2ccncc2)cc1. The van der Waals surface area contributed by atoms with Crippen LogP contribution in [0.15, 0.2) is 54.9 Å². The molecule has 0 spiro atoms. The molecule has 0 fully saturated rings. The summed E-state index contributed by atoms with van der Waals surface area (Å²) in [5, 5.41) is 3.74. The van der Waals surface area contributed by atoms with Crippen molar-refractivity contribution >= 4 is 0 Å². The van der Waals surface area contributed by atoms with Gasteiger partial charge in [-0.2, -0.15) is 18.3 Å². The molecule has 0 saturated carbocycles. The van der Waals surface area contributed by atoms with Gasteiger partial charge in [-0.25, -0.2) is 4.68 Å². The van der Waals surface area contributed by atoms with E-state index in [0.29, 0.717) is 23.4 Å². The monoisotopic (exact) mass is 316 g/mol. The van der Waals surface area contributed by atoms with Crippen LogP contribution in [-0.2, 0) is 12.6 Å². The van der Waals surface area contributed by atoms with Gasteiger partial charge in [0.1, 0.15) is 0 Å². The smallest absolute Gasteiger partial charge is 0.265 e. The third kappa shape index (κ3) is 3.11. The lowest BCUT2D eigenvalue weighted by atomic mass is 10.1. The number of aromatic nitrogens is 3. The van der Waals surface area contributed by atoms with Crippen LogP contribution in [0, 0.1) is 6.92 Å². The number of alkyl halides is 3. The van der Waals surface area contributed by atoms with Gasteiger partial charge in [-0.15, -0.1) is 0 Å². The summed E-state index contributed by atoms with van der Waals surface area (Å²) in [6, 6.07) is 11.5. The molecular weight excluding hydrogens is 303 g/mol. The van der Waals surface area contributed by atoms with Gasteiger partial charge >= 0.3 is 6.18 Å². The van der Waals surface area contributed by atoms with Crippen molar-refractivity contribution in [3.63, 3.8) is 0 Å². The fourth-order valence-corrected chi connectivity index (χ4v) is 2.25. The largest absolute Gasteiger partial charge is 0.435 e. The van der Waals surface area contributed by atoms with Crippen LogP contribution in [0.25, 0.3) is 16.9 Å². The highest BCUT2D eigenvalue weighted by molar-refractivity contribution is 5.62. The lowest BCUT2D eigenvalue weighted by molar-refractivity contribution is -0.141. The molecule has 0 aliphatic rings. The Balaban J connectivity index is 2.15. The van der Waals surface area contributed by atoms with Crippen molar-refractivity contribution in [2.24, 2.45) is 0 Å². The highest BCUT2D eigenvalue weighted by Gasteiger charge is 2.35. The zero-order chi connectivity index (χ0) is 16.4. The Kier molecular flexibility index (Phi) is 3.90. The first-order chi connectivity index (χ1) is 11.0. The molecule has 2 aromatic heterocycles. The summed E-state index contributed by atoms with van der Waals surface area (Å²) in [4.78, 5) is 3.89. The molecular formula is C17H13F3N3. The molecule has 0 aliphatic carbocycles. The van der Waals surface area contributed by atoms with Gasteiger partial charge in [-0.1, -0.05) is 12.1 Å². The number of rotatable bonds is 3. The molecule has 1 aromatic carbocycles. The number of benzene rings is 1. The van der Waals surface area contributed by atoms with E-state index in [4.69, 9.17) is 0 Å². The molecule has 0 saturated heterocycles. The topological polar surface area (TPSA) is 30.7 Å². The van der Waals surface area contributed by atoms with Gasteiger partial charge in [0.2, 0.25) is 0 Å². The summed E-state index contributed by atoms with van der Waals surface area (Å²) >= 11 is 0. The fourth-order valence-electron chi connectivity index (χ4n) is 2.25. The third-order valence-electron chi connectivity index (χ3n) is 3.45. The van der Waals surface area contributed by atoms with E-state index in [0.717, 1.165) is 11.6 Å². The minimum Gasteiger partial charge on any atom is -0.265 e. The number of hydrogen-bond acceptors (Lipinski definition) is 2. The van der Waals surface area contributed by atoms with Gasteiger partial charge in [0.05, 0.1) is 11.4 Å². The summed E-state index contributed by atoms with van der Waals surface area (Å²) in [6.07, 6.45) is -0.817. The van der Waals surface area contributed by atoms with Crippen LogP contribution in [0.1, 0.15) is 11.3 Å². The maximum Gasteiger partial charge on any atom is 0.435 e. The van der Waals surface area contributed by atoms with E-state index in [9.17, 15) is 13.2 Å². The highest BCUT2D eigenvalue weighted by Crippen LogP contribution is 2.33. The first kappa shape index (κ1) is 15.3. The number of pyridine rings is 1. The van der Waals surface area contributed by atoms with Crippen LogP contribution >= 0.6 is 0 Å². The molecule has 0 amide bonds. The van der Waals surface area contributed by atoms with Gasteiger partial charge in [0.15, 0.2) is 5.69 Å².